The molecule has 1 aromatic rings. The molecule has 0 saturated heterocycles. The molecule has 1 amide bonds. The fourth-order valence-corrected chi connectivity index (χ4v) is 2.88. The van der Waals surface area contributed by atoms with Crippen LogP contribution < -0.4 is 0 Å². The van der Waals surface area contributed by atoms with Crippen molar-refractivity contribution >= 4 is 35.1 Å². The fourth-order valence-electron chi connectivity index (χ4n) is 2.58. The molecule has 0 spiro atoms. The van der Waals surface area contributed by atoms with Crippen molar-refractivity contribution in [2.45, 2.75) is 31.7 Å². The van der Waals surface area contributed by atoms with Crippen LogP contribution in [0.5, 0.6) is 0 Å². The Morgan fingerprint density at radius 3 is 2.48 bits per heavy atom. The van der Waals surface area contributed by atoms with Crippen LogP contribution in [-0.2, 0) is 9.53 Å². The summed E-state index contributed by atoms with van der Waals surface area (Å²) in [5.41, 5.74) is 0.431. The maximum Gasteiger partial charge on any atom is 0.325 e. The number of methoxy groups -OCH3 is 1. The third-order valence-corrected chi connectivity index (χ3v) is 4.46. The van der Waals surface area contributed by atoms with E-state index in [0.29, 0.717) is 15.6 Å². The van der Waals surface area contributed by atoms with Gasteiger partial charge in [-0.25, -0.2) is 0 Å². The Bertz CT molecular complexity index is 542. The summed E-state index contributed by atoms with van der Waals surface area (Å²) in [7, 11) is 1.32. The van der Waals surface area contributed by atoms with E-state index in [9.17, 15) is 9.59 Å². The highest BCUT2D eigenvalue weighted by Crippen LogP contribution is 2.27. The van der Waals surface area contributed by atoms with Crippen molar-refractivity contribution in [3.63, 3.8) is 0 Å². The zero-order chi connectivity index (χ0) is 15.4. The van der Waals surface area contributed by atoms with Crippen molar-refractivity contribution in [2.75, 3.05) is 13.7 Å². The minimum absolute atomic E-state index is 0.0414. The van der Waals surface area contributed by atoms with E-state index in [2.05, 4.69) is 4.74 Å². The molecule has 2 rings (SSSR count). The topological polar surface area (TPSA) is 46.6 Å². The molecule has 0 atom stereocenters. The molecule has 1 fully saturated rings. The highest BCUT2D eigenvalue weighted by atomic mass is 35.5. The van der Waals surface area contributed by atoms with Crippen molar-refractivity contribution in [2.24, 2.45) is 0 Å². The second-order valence-corrected chi connectivity index (χ2v) is 5.89. The highest BCUT2D eigenvalue weighted by molar-refractivity contribution is 6.42. The number of halogens is 2. The average Bonchev–Trinajstić information content (AvgIpc) is 3.00. The Morgan fingerprint density at radius 2 is 1.90 bits per heavy atom. The first-order chi connectivity index (χ1) is 10.0. The lowest BCUT2D eigenvalue weighted by Gasteiger charge is -2.28. The molecule has 1 saturated carbocycles. The quantitative estimate of drug-likeness (QED) is 0.793. The van der Waals surface area contributed by atoms with Crippen LogP contribution in [0.2, 0.25) is 10.0 Å². The molecule has 0 aromatic heterocycles. The molecule has 0 N–H and O–H groups in total. The van der Waals surface area contributed by atoms with Crippen LogP contribution in [0, 0.1) is 0 Å². The summed E-state index contributed by atoms with van der Waals surface area (Å²) in [6.45, 7) is -0.0414. The van der Waals surface area contributed by atoms with Gasteiger partial charge in [0.2, 0.25) is 0 Å². The molecule has 0 bridgehead atoms. The number of nitrogens with zero attached hydrogens (tertiary/aromatic N) is 1. The number of amides is 1. The van der Waals surface area contributed by atoms with Gasteiger partial charge in [-0.2, -0.15) is 0 Å². The van der Waals surface area contributed by atoms with Crippen molar-refractivity contribution in [3.05, 3.63) is 33.8 Å². The van der Waals surface area contributed by atoms with Gasteiger partial charge in [-0.1, -0.05) is 36.0 Å². The standard InChI is InChI=1S/C15H17Cl2NO3/c1-21-14(19)9-18(11-4-2-3-5-11)15(20)10-6-7-12(16)13(17)8-10/h6-8,11H,2-5,9H2,1H3. The van der Waals surface area contributed by atoms with Gasteiger partial charge in [-0.15, -0.1) is 0 Å². The smallest absolute Gasteiger partial charge is 0.325 e. The van der Waals surface area contributed by atoms with Gasteiger partial charge < -0.3 is 9.64 Å². The molecule has 114 valence electrons. The Morgan fingerprint density at radius 1 is 1.24 bits per heavy atom. The predicted octanol–water partition coefficient (Wildman–Crippen LogP) is 3.55. The van der Waals surface area contributed by atoms with E-state index in [0.717, 1.165) is 25.7 Å². The van der Waals surface area contributed by atoms with Crippen LogP contribution >= 0.6 is 23.2 Å². The molecule has 0 heterocycles. The Balaban J connectivity index is 2.23. The molecular formula is C15H17Cl2NO3. The van der Waals surface area contributed by atoms with Crippen LogP contribution in [0.4, 0.5) is 0 Å². The monoisotopic (exact) mass is 329 g/mol. The van der Waals surface area contributed by atoms with Gasteiger partial charge in [-0.3, -0.25) is 9.59 Å². The summed E-state index contributed by atoms with van der Waals surface area (Å²) >= 11 is 11.8. The van der Waals surface area contributed by atoms with Gasteiger partial charge in [-0.05, 0) is 31.0 Å². The van der Waals surface area contributed by atoms with E-state index in [1.54, 1.807) is 17.0 Å². The normalized spacial score (nSPS) is 15.0. The third-order valence-electron chi connectivity index (χ3n) is 3.72. The summed E-state index contributed by atoms with van der Waals surface area (Å²) in [6.07, 6.45) is 3.95. The molecule has 1 aliphatic carbocycles. The molecule has 0 unspecified atom stereocenters. The van der Waals surface area contributed by atoms with E-state index >= 15 is 0 Å². The number of hydrogen-bond donors (Lipinski definition) is 0. The lowest BCUT2D eigenvalue weighted by Crippen LogP contribution is -2.42. The molecule has 0 aliphatic heterocycles. The van der Waals surface area contributed by atoms with Gasteiger partial charge in [0.05, 0.1) is 17.2 Å². The summed E-state index contributed by atoms with van der Waals surface area (Å²) in [5, 5.41) is 0.723. The first-order valence-electron chi connectivity index (χ1n) is 6.85. The molecule has 0 radical (unpaired) electrons. The van der Waals surface area contributed by atoms with Gasteiger partial charge in [0.25, 0.3) is 5.91 Å². The highest BCUT2D eigenvalue weighted by Gasteiger charge is 2.29. The number of esters is 1. The predicted molar refractivity (Wildman–Crippen MR) is 81.8 cm³/mol. The van der Waals surface area contributed by atoms with E-state index in [-0.39, 0.29) is 18.5 Å². The van der Waals surface area contributed by atoms with E-state index in [1.807, 2.05) is 0 Å². The minimum Gasteiger partial charge on any atom is -0.468 e. The molecule has 21 heavy (non-hydrogen) atoms. The average molecular weight is 330 g/mol. The van der Waals surface area contributed by atoms with Crippen LogP contribution in [0.3, 0.4) is 0 Å². The number of carbonyl (C=O) groups excluding carboxylic acids is 2. The number of ether oxygens (including phenoxy) is 1. The number of rotatable bonds is 4. The number of carbonyl (C=O) groups is 2. The number of benzene rings is 1. The maximum atomic E-state index is 12.7. The molecule has 6 heteroatoms. The summed E-state index contributed by atoms with van der Waals surface area (Å²) in [4.78, 5) is 25.8. The first kappa shape index (κ1) is 16.1. The van der Waals surface area contributed by atoms with Gasteiger partial charge in [0.1, 0.15) is 6.54 Å². The van der Waals surface area contributed by atoms with Crippen LogP contribution in [0.25, 0.3) is 0 Å². The van der Waals surface area contributed by atoms with E-state index in [4.69, 9.17) is 23.2 Å². The maximum absolute atomic E-state index is 12.7. The van der Waals surface area contributed by atoms with Crippen molar-refractivity contribution < 1.29 is 14.3 Å². The van der Waals surface area contributed by atoms with Gasteiger partial charge in [0.15, 0.2) is 0 Å². The lowest BCUT2D eigenvalue weighted by molar-refractivity contribution is -0.141. The van der Waals surface area contributed by atoms with Crippen LogP contribution in [-0.4, -0.2) is 36.5 Å². The SMILES string of the molecule is COC(=O)CN(C(=O)c1ccc(Cl)c(Cl)c1)C1CCCC1. The first-order valence-corrected chi connectivity index (χ1v) is 7.61. The van der Waals surface area contributed by atoms with Crippen molar-refractivity contribution in [3.8, 4) is 0 Å². The molecule has 1 aliphatic rings. The second kappa shape index (κ2) is 7.14. The Kier molecular flexibility index (Phi) is 5.48. The van der Waals surface area contributed by atoms with Gasteiger partial charge >= 0.3 is 5.97 Å². The Hall–Kier alpha value is -1.26. The lowest BCUT2D eigenvalue weighted by atomic mass is 10.1. The summed E-state index contributed by atoms with van der Waals surface area (Å²) in [6, 6.07) is 4.81. The largest absolute Gasteiger partial charge is 0.468 e. The zero-order valence-corrected chi connectivity index (χ0v) is 13.3. The van der Waals surface area contributed by atoms with E-state index < -0.39 is 5.97 Å². The molecular weight excluding hydrogens is 313 g/mol. The minimum atomic E-state index is -0.421. The Labute approximate surface area is 134 Å². The van der Waals surface area contributed by atoms with Crippen molar-refractivity contribution in [1.29, 1.82) is 0 Å². The summed E-state index contributed by atoms with van der Waals surface area (Å²) < 4.78 is 4.69. The summed E-state index contributed by atoms with van der Waals surface area (Å²) in [5.74, 6) is -0.638. The molecule has 1 aromatic carbocycles. The van der Waals surface area contributed by atoms with Crippen molar-refractivity contribution in [1.82, 2.24) is 4.90 Å². The molecule has 4 nitrogen and oxygen atoms in total. The van der Waals surface area contributed by atoms with Gasteiger partial charge in [0, 0.05) is 11.6 Å². The number of hydrogen-bond acceptors (Lipinski definition) is 3. The van der Waals surface area contributed by atoms with E-state index in [1.165, 1.54) is 13.2 Å². The third kappa shape index (κ3) is 3.89. The zero-order valence-electron chi connectivity index (χ0n) is 11.8. The second-order valence-electron chi connectivity index (χ2n) is 5.08. The fraction of sp³-hybridized carbons (Fsp3) is 0.467. The van der Waals surface area contributed by atoms with Crippen LogP contribution in [0.1, 0.15) is 36.0 Å². The van der Waals surface area contributed by atoms with Crippen LogP contribution in [0.15, 0.2) is 18.2 Å².